The molecule has 7 heteroatoms. The van der Waals surface area contributed by atoms with Crippen LogP contribution in [0.4, 0.5) is 17.2 Å². The van der Waals surface area contributed by atoms with E-state index in [0.717, 1.165) is 11.3 Å². The molecule has 0 radical (unpaired) electrons. The number of carbonyl (C=O) groups is 2. The summed E-state index contributed by atoms with van der Waals surface area (Å²) in [7, 11) is 4.00. The summed E-state index contributed by atoms with van der Waals surface area (Å²) in [6.45, 7) is 1.99. The Bertz CT molecular complexity index is 959. The SMILES string of the molecule is CC(=O)Nc1ccc(C(=O)Nc2ccnn2Cc2ccc(N(C)C)cc2)cc1. The van der Waals surface area contributed by atoms with Crippen molar-refractivity contribution in [3.63, 3.8) is 0 Å². The summed E-state index contributed by atoms with van der Waals surface area (Å²) in [4.78, 5) is 25.6. The van der Waals surface area contributed by atoms with E-state index in [1.54, 1.807) is 41.2 Å². The highest BCUT2D eigenvalue weighted by molar-refractivity contribution is 6.04. The van der Waals surface area contributed by atoms with E-state index in [-0.39, 0.29) is 11.8 Å². The Morgan fingerprint density at radius 2 is 1.64 bits per heavy atom. The molecular weight excluding hydrogens is 354 g/mol. The van der Waals surface area contributed by atoms with Crippen molar-refractivity contribution in [1.82, 2.24) is 9.78 Å². The molecule has 0 saturated carbocycles. The second-order valence-electron chi connectivity index (χ2n) is 6.65. The first-order valence-corrected chi connectivity index (χ1v) is 8.89. The number of benzene rings is 2. The molecule has 0 unspecified atom stereocenters. The number of nitrogens with zero attached hydrogens (tertiary/aromatic N) is 3. The molecule has 3 rings (SSSR count). The smallest absolute Gasteiger partial charge is 0.256 e. The minimum Gasteiger partial charge on any atom is -0.378 e. The molecule has 144 valence electrons. The number of rotatable bonds is 6. The van der Waals surface area contributed by atoms with E-state index in [1.165, 1.54) is 6.92 Å². The van der Waals surface area contributed by atoms with Crippen molar-refractivity contribution < 1.29 is 9.59 Å². The third kappa shape index (κ3) is 4.76. The molecule has 0 atom stereocenters. The van der Waals surface area contributed by atoms with Gasteiger partial charge in [0.05, 0.1) is 12.7 Å². The van der Waals surface area contributed by atoms with Crippen LogP contribution < -0.4 is 15.5 Å². The van der Waals surface area contributed by atoms with E-state index in [1.807, 2.05) is 43.3 Å². The van der Waals surface area contributed by atoms with Crippen LogP contribution in [0.3, 0.4) is 0 Å². The van der Waals surface area contributed by atoms with Gasteiger partial charge in [-0.1, -0.05) is 12.1 Å². The zero-order valence-electron chi connectivity index (χ0n) is 16.1. The van der Waals surface area contributed by atoms with Gasteiger partial charge in [-0.3, -0.25) is 9.59 Å². The second kappa shape index (κ2) is 8.39. The topological polar surface area (TPSA) is 79.3 Å². The van der Waals surface area contributed by atoms with Crippen molar-refractivity contribution in [2.24, 2.45) is 0 Å². The van der Waals surface area contributed by atoms with Crippen LogP contribution in [-0.4, -0.2) is 35.7 Å². The van der Waals surface area contributed by atoms with Gasteiger partial charge in [-0.2, -0.15) is 5.10 Å². The molecule has 0 aliphatic heterocycles. The van der Waals surface area contributed by atoms with Crippen LogP contribution in [0.5, 0.6) is 0 Å². The minimum absolute atomic E-state index is 0.153. The molecule has 2 amide bonds. The number of nitrogens with one attached hydrogen (secondary N) is 2. The van der Waals surface area contributed by atoms with E-state index in [9.17, 15) is 9.59 Å². The van der Waals surface area contributed by atoms with E-state index in [4.69, 9.17) is 0 Å². The van der Waals surface area contributed by atoms with Crippen LogP contribution in [-0.2, 0) is 11.3 Å². The van der Waals surface area contributed by atoms with E-state index < -0.39 is 0 Å². The first-order chi connectivity index (χ1) is 13.4. The van der Waals surface area contributed by atoms with Crippen molar-refractivity contribution in [1.29, 1.82) is 0 Å². The van der Waals surface area contributed by atoms with E-state index in [2.05, 4.69) is 15.7 Å². The Kier molecular flexibility index (Phi) is 5.74. The summed E-state index contributed by atoms with van der Waals surface area (Å²) >= 11 is 0. The van der Waals surface area contributed by atoms with Gasteiger partial charge in [0.15, 0.2) is 0 Å². The van der Waals surface area contributed by atoms with Crippen molar-refractivity contribution in [3.05, 3.63) is 71.9 Å². The van der Waals surface area contributed by atoms with Crippen LogP contribution in [0.1, 0.15) is 22.8 Å². The highest BCUT2D eigenvalue weighted by Gasteiger charge is 2.10. The molecule has 7 nitrogen and oxygen atoms in total. The Labute approximate surface area is 164 Å². The predicted molar refractivity (Wildman–Crippen MR) is 111 cm³/mol. The highest BCUT2D eigenvalue weighted by atomic mass is 16.2. The van der Waals surface area contributed by atoms with Gasteiger partial charge in [-0.25, -0.2) is 4.68 Å². The van der Waals surface area contributed by atoms with Crippen LogP contribution in [0.15, 0.2) is 60.8 Å². The third-order valence-corrected chi connectivity index (χ3v) is 4.21. The lowest BCUT2D eigenvalue weighted by molar-refractivity contribution is -0.114. The fourth-order valence-electron chi connectivity index (χ4n) is 2.73. The molecule has 2 N–H and O–H groups in total. The van der Waals surface area contributed by atoms with Gasteiger partial charge in [-0.05, 0) is 42.0 Å². The summed E-state index contributed by atoms with van der Waals surface area (Å²) in [5, 5.41) is 9.87. The first kappa shape index (κ1) is 19.2. The summed E-state index contributed by atoms with van der Waals surface area (Å²) in [6.07, 6.45) is 1.66. The molecule has 0 spiro atoms. The minimum atomic E-state index is -0.237. The second-order valence-corrected chi connectivity index (χ2v) is 6.65. The average Bonchev–Trinajstić information content (AvgIpc) is 3.09. The third-order valence-electron chi connectivity index (χ3n) is 4.21. The molecule has 0 saturated heterocycles. The first-order valence-electron chi connectivity index (χ1n) is 8.89. The molecule has 28 heavy (non-hydrogen) atoms. The normalized spacial score (nSPS) is 10.4. The average molecular weight is 377 g/mol. The highest BCUT2D eigenvalue weighted by Crippen LogP contribution is 2.16. The molecule has 2 aromatic carbocycles. The maximum absolute atomic E-state index is 12.5. The Morgan fingerprint density at radius 1 is 0.964 bits per heavy atom. The van der Waals surface area contributed by atoms with Gasteiger partial charge in [0.2, 0.25) is 5.91 Å². The number of hydrogen-bond acceptors (Lipinski definition) is 4. The van der Waals surface area contributed by atoms with Crippen molar-refractivity contribution in [3.8, 4) is 0 Å². The molecule has 0 aliphatic carbocycles. The van der Waals surface area contributed by atoms with E-state index >= 15 is 0 Å². The lowest BCUT2D eigenvalue weighted by Gasteiger charge is -2.13. The van der Waals surface area contributed by atoms with Gasteiger partial charge in [0.1, 0.15) is 5.82 Å². The maximum atomic E-state index is 12.5. The van der Waals surface area contributed by atoms with Crippen LogP contribution in [0.25, 0.3) is 0 Å². The van der Waals surface area contributed by atoms with E-state index in [0.29, 0.717) is 23.6 Å². The molecule has 0 bridgehead atoms. The monoisotopic (exact) mass is 377 g/mol. The summed E-state index contributed by atoms with van der Waals surface area (Å²) in [5.41, 5.74) is 3.36. The van der Waals surface area contributed by atoms with Crippen molar-refractivity contribution >= 4 is 29.0 Å². The molecule has 3 aromatic rings. The van der Waals surface area contributed by atoms with Crippen LogP contribution in [0.2, 0.25) is 0 Å². The number of amides is 2. The van der Waals surface area contributed by atoms with Gasteiger partial charge >= 0.3 is 0 Å². The number of hydrogen-bond donors (Lipinski definition) is 2. The number of anilines is 3. The Hall–Kier alpha value is -3.61. The zero-order chi connectivity index (χ0) is 20.1. The Morgan fingerprint density at radius 3 is 2.25 bits per heavy atom. The lowest BCUT2D eigenvalue weighted by atomic mass is 10.2. The van der Waals surface area contributed by atoms with Crippen molar-refractivity contribution in [2.45, 2.75) is 13.5 Å². The molecule has 0 fully saturated rings. The van der Waals surface area contributed by atoms with Crippen LogP contribution >= 0.6 is 0 Å². The number of carbonyl (C=O) groups excluding carboxylic acids is 2. The maximum Gasteiger partial charge on any atom is 0.256 e. The quantitative estimate of drug-likeness (QED) is 0.691. The van der Waals surface area contributed by atoms with Gasteiger partial charge in [-0.15, -0.1) is 0 Å². The fraction of sp³-hybridized carbons (Fsp3) is 0.190. The molecular formula is C21H23N5O2. The van der Waals surface area contributed by atoms with Crippen molar-refractivity contribution in [2.75, 3.05) is 29.6 Å². The van der Waals surface area contributed by atoms with Gasteiger partial charge < -0.3 is 15.5 Å². The molecule has 1 heterocycles. The molecule has 0 aliphatic rings. The summed E-state index contributed by atoms with van der Waals surface area (Å²) in [6, 6.07) is 16.7. The van der Waals surface area contributed by atoms with Gasteiger partial charge in [0, 0.05) is 44.0 Å². The van der Waals surface area contributed by atoms with Gasteiger partial charge in [0.25, 0.3) is 5.91 Å². The standard InChI is InChI=1S/C21H23N5O2/c1-15(27)23-18-8-6-17(7-9-18)21(28)24-20-12-13-22-26(20)14-16-4-10-19(11-5-16)25(2)3/h4-13H,14H2,1-3H3,(H,23,27)(H,24,28). The zero-order valence-corrected chi connectivity index (χ0v) is 16.1. The van der Waals surface area contributed by atoms with Crippen LogP contribution in [0, 0.1) is 0 Å². The summed E-state index contributed by atoms with van der Waals surface area (Å²) in [5.74, 6) is 0.228. The largest absolute Gasteiger partial charge is 0.378 e. The number of aromatic nitrogens is 2. The summed E-state index contributed by atoms with van der Waals surface area (Å²) < 4.78 is 1.74. The lowest BCUT2D eigenvalue weighted by Crippen LogP contribution is -2.16. The molecule has 1 aromatic heterocycles. The Balaban J connectivity index is 1.68. The fourth-order valence-corrected chi connectivity index (χ4v) is 2.73. The predicted octanol–water partition coefficient (Wildman–Crippen LogP) is 3.21.